The van der Waals surface area contributed by atoms with E-state index in [0.717, 1.165) is 16.5 Å². The van der Waals surface area contributed by atoms with Gasteiger partial charge in [-0.1, -0.05) is 66.7 Å². The Hall–Kier alpha value is -3.42. The summed E-state index contributed by atoms with van der Waals surface area (Å²) in [5.74, 6) is -0.0604. The lowest BCUT2D eigenvalue weighted by atomic mass is 10.1. The molecule has 168 valence electrons. The van der Waals surface area contributed by atoms with E-state index in [2.05, 4.69) is 16.7 Å². The van der Waals surface area contributed by atoms with Gasteiger partial charge in [0.15, 0.2) is 0 Å². The van der Waals surface area contributed by atoms with Gasteiger partial charge in [0, 0.05) is 49.8 Å². The smallest absolute Gasteiger partial charge is 0.256 e. The largest absolute Gasteiger partial charge is 0.342 e. The first-order valence-electron chi connectivity index (χ1n) is 11.0. The Balaban J connectivity index is 1.36. The summed E-state index contributed by atoms with van der Waals surface area (Å²) in [6.07, 6.45) is 1.92. The van der Waals surface area contributed by atoms with Gasteiger partial charge >= 0.3 is 0 Å². The minimum absolute atomic E-state index is 0.0604. The zero-order valence-corrected chi connectivity index (χ0v) is 19.0. The summed E-state index contributed by atoms with van der Waals surface area (Å²) in [6.45, 7) is 1.97. The van der Waals surface area contributed by atoms with Crippen molar-refractivity contribution in [2.75, 3.05) is 26.2 Å². The molecule has 0 bridgehead atoms. The molecular formula is C26H25N3O3S. The van der Waals surface area contributed by atoms with Crippen LogP contribution >= 0.6 is 0 Å². The molecule has 7 heteroatoms. The van der Waals surface area contributed by atoms with Gasteiger partial charge < -0.3 is 9.47 Å². The quantitative estimate of drug-likeness (QED) is 0.456. The van der Waals surface area contributed by atoms with Gasteiger partial charge in [0.2, 0.25) is 10.0 Å². The number of hydrogen-bond donors (Lipinski definition) is 0. The number of carbonyl (C=O) groups is 1. The highest BCUT2D eigenvalue weighted by molar-refractivity contribution is 7.89. The maximum absolute atomic E-state index is 13.5. The van der Waals surface area contributed by atoms with E-state index in [1.54, 1.807) is 35.2 Å². The summed E-state index contributed by atoms with van der Waals surface area (Å²) < 4.78 is 29.4. The number of rotatable bonds is 5. The predicted octanol–water partition coefficient (Wildman–Crippen LogP) is 3.84. The number of hydrogen-bond acceptors (Lipinski definition) is 3. The molecular weight excluding hydrogens is 434 g/mol. The molecule has 3 aromatic carbocycles. The van der Waals surface area contributed by atoms with Gasteiger partial charge in [-0.25, -0.2) is 8.42 Å². The number of amides is 1. The van der Waals surface area contributed by atoms with Crippen LogP contribution in [-0.4, -0.2) is 54.3 Å². The van der Waals surface area contributed by atoms with E-state index in [1.165, 1.54) is 4.31 Å². The fraction of sp³-hybridized carbons (Fsp3) is 0.192. The number of nitrogens with zero attached hydrogens (tertiary/aromatic N) is 3. The van der Waals surface area contributed by atoms with Gasteiger partial charge in [0.25, 0.3) is 5.91 Å². The fourth-order valence-electron chi connectivity index (χ4n) is 4.37. The normalized spacial score (nSPS) is 15.1. The molecule has 0 atom stereocenters. The highest BCUT2D eigenvalue weighted by Gasteiger charge is 2.31. The number of carbonyl (C=O) groups excluding carboxylic acids is 1. The van der Waals surface area contributed by atoms with Gasteiger partial charge in [-0.2, -0.15) is 4.31 Å². The van der Waals surface area contributed by atoms with Crippen LogP contribution in [0.4, 0.5) is 0 Å². The van der Waals surface area contributed by atoms with Crippen molar-refractivity contribution in [3.05, 3.63) is 102 Å². The van der Waals surface area contributed by atoms with Gasteiger partial charge in [-0.3, -0.25) is 4.79 Å². The Morgan fingerprint density at radius 1 is 0.758 bits per heavy atom. The topological polar surface area (TPSA) is 62.6 Å². The number of piperazine rings is 1. The average Bonchev–Trinajstić information content (AvgIpc) is 3.23. The third kappa shape index (κ3) is 4.17. The average molecular weight is 460 g/mol. The van der Waals surface area contributed by atoms with Crippen LogP contribution in [0.25, 0.3) is 10.9 Å². The van der Waals surface area contributed by atoms with Gasteiger partial charge in [-0.15, -0.1) is 0 Å². The molecule has 2 heterocycles. The lowest BCUT2D eigenvalue weighted by Gasteiger charge is -2.34. The molecule has 1 fully saturated rings. The second kappa shape index (κ2) is 8.84. The Morgan fingerprint density at radius 3 is 2.06 bits per heavy atom. The Kier molecular flexibility index (Phi) is 5.74. The number of fused-ring (bicyclic) bond motifs is 1. The summed E-state index contributed by atoms with van der Waals surface area (Å²) in [4.78, 5) is 15.5. The van der Waals surface area contributed by atoms with E-state index >= 15 is 0 Å². The van der Waals surface area contributed by atoms with Crippen molar-refractivity contribution in [2.45, 2.75) is 11.4 Å². The van der Waals surface area contributed by atoms with Gasteiger partial charge in [-0.05, 0) is 23.8 Å². The maximum atomic E-state index is 13.5. The first-order chi connectivity index (χ1) is 16.0. The van der Waals surface area contributed by atoms with Crippen LogP contribution in [0.5, 0.6) is 0 Å². The monoisotopic (exact) mass is 459 g/mol. The second-order valence-corrected chi connectivity index (χ2v) is 10.1. The van der Waals surface area contributed by atoms with E-state index in [-0.39, 0.29) is 23.9 Å². The first-order valence-corrected chi connectivity index (χ1v) is 12.4. The molecule has 1 amide bonds. The number of sulfonamides is 1. The van der Waals surface area contributed by atoms with Crippen LogP contribution in [-0.2, 0) is 16.6 Å². The lowest BCUT2D eigenvalue weighted by Crippen LogP contribution is -2.50. The summed E-state index contributed by atoms with van der Waals surface area (Å²) in [5, 5.41) is 0.915. The van der Waals surface area contributed by atoms with Gasteiger partial charge in [0.1, 0.15) is 0 Å². The van der Waals surface area contributed by atoms with Crippen molar-refractivity contribution < 1.29 is 13.2 Å². The van der Waals surface area contributed by atoms with Gasteiger partial charge in [0.05, 0.1) is 10.5 Å². The number of benzene rings is 3. The molecule has 33 heavy (non-hydrogen) atoms. The SMILES string of the molecule is O=C(c1cn(Cc2ccccc2)c2ccccc12)N1CCN(S(=O)(=O)c2ccccc2)CC1. The minimum Gasteiger partial charge on any atom is -0.342 e. The van der Waals surface area contributed by atoms with Crippen molar-refractivity contribution in [1.82, 2.24) is 13.8 Å². The van der Waals surface area contributed by atoms with Crippen LogP contribution in [0.3, 0.4) is 0 Å². The molecule has 0 unspecified atom stereocenters. The third-order valence-electron chi connectivity index (χ3n) is 6.12. The molecule has 1 saturated heterocycles. The highest BCUT2D eigenvalue weighted by Crippen LogP contribution is 2.25. The molecule has 0 saturated carbocycles. The third-order valence-corrected chi connectivity index (χ3v) is 8.03. The van der Waals surface area contributed by atoms with Crippen LogP contribution in [0.2, 0.25) is 0 Å². The minimum atomic E-state index is -3.55. The van der Waals surface area contributed by atoms with Crippen molar-refractivity contribution in [2.24, 2.45) is 0 Å². The number of aromatic nitrogens is 1. The van der Waals surface area contributed by atoms with Crippen LogP contribution in [0.15, 0.2) is 96.0 Å². The standard InChI is InChI=1S/C26H25N3O3S/c30-26(27-15-17-29(18-16-27)33(31,32)22-11-5-2-6-12-22)24-20-28(19-21-9-3-1-4-10-21)25-14-8-7-13-23(24)25/h1-14,20H,15-19H2. The van der Waals surface area contributed by atoms with E-state index in [4.69, 9.17) is 0 Å². The molecule has 6 nitrogen and oxygen atoms in total. The Bertz CT molecular complexity index is 1370. The molecule has 0 N–H and O–H groups in total. The zero-order chi connectivity index (χ0) is 22.8. The molecule has 1 aliphatic heterocycles. The highest BCUT2D eigenvalue weighted by atomic mass is 32.2. The Labute approximate surface area is 193 Å². The van der Waals surface area contributed by atoms with E-state index in [0.29, 0.717) is 25.2 Å². The summed E-state index contributed by atoms with van der Waals surface area (Å²) >= 11 is 0. The van der Waals surface area contributed by atoms with Crippen molar-refractivity contribution in [3.63, 3.8) is 0 Å². The fourth-order valence-corrected chi connectivity index (χ4v) is 5.81. The first kappa shape index (κ1) is 21.4. The lowest BCUT2D eigenvalue weighted by molar-refractivity contribution is 0.0699. The molecule has 0 spiro atoms. The van der Waals surface area contributed by atoms with Crippen molar-refractivity contribution >= 4 is 26.8 Å². The zero-order valence-electron chi connectivity index (χ0n) is 18.2. The molecule has 0 aliphatic carbocycles. The van der Waals surface area contributed by atoms with Crippen LogP contribution < -0.4 is 0 Å². The summed E-state index contributed by atoms with van der Waals surface area (Å²) in [6, 6.07) is 26.5. The second-order valence-electron chi connectivity index (χ2n) is 8.18. The maximum Gasteiger partial charge on any atom is 0.256 e. The van der Waals surface area contributed by atoms with Crippen molar-refractivity contribution in [3.8, 4) is 0 Å². The summed E-state index contributed by atoms with van der Waals surface area (Å²) in [7, 11) is -3.55. The predicted molar refractivity (Wildman–Crippen MR) is 129 cm³/mol. The molecule has 5 rings (SSSR count). The van der Waals surface area contributed by atoms with E-state index in [1.807, 2.05) is 48.7 Å². The van der Waals surface area contributed by atoms with Crippen LogP contribution in [0.1, 0.15) is 15.9 Å². The molecule has 0 radical (unpaired) electrons. The number of para-hydroxylation sites is 1. The van der Waals surface area contributed by atoms with Crippen molar-refractivity contribution in [1.29, 1.82) is 0 Å². The van der Waals surface area contributed by atoms with Crippen LogP contribution in [0, 0.1) is 0 Å². The Morgan fingerprint density at radius 2 is 1.36 bits per heavy atom. The molecule has 1 aromatic heterocycles. The molecule has 1 aliphatic rings. The van der Waals surface area contributed by atoms with E-state index in [9.17, 15) is 13.2 Å². The molecule has 4 aromatic rings. The van der Waals surface area contributed by atoms with E-state index < -0.39 is 10.0 Å². The summed E-state index contributed by atoms with van der Waals surface area (Å²) in [5.41, 5.74) is 2.83.